The van der Waals surface area contributed by atoms with Crippen LogP contribution in [0.15, 0.2) is 58.9 Å². The van der Waals surface area contributed by atoms with Crippen LogP contribution >= 0.6 is 23.1 Å². The van der Waals surface area contributed by atoms with E-state index in [1.165, 1.54) is 23.1 Å². The minimum atomic E-state index is -0.157. The van der Waals surface area contributed by atoms with Gasteiger partial charge in [0.05, 0.1) is 17.5 Å². The molecule has 0 saturated heterocycles. The van der Waals surface area contributed by atoms with Crippen molar-refractivity contribution in [2.24, 2.45) is 0 Å². The molecule has 1 N–H and O–H groups in total. The average molecular weight is 413 g/mol. The van der Waals surface area contributed by atoms with Crippen LogP contribution in [0.3, 0.4) is 0 Å². The van der Waals surface area contributed by atoms with Crippen LogP contribution in [0.2, 0.25) is 0 Å². The second kappa shape index (κ2) is 8.62. The van der Waals surface area contributed by atoms with Gasteiger partial charge in [-0.15, -0.1) is 10.2 Å². The van der Waals surface area contributed by atoms with Gasteiger partial charge in [0, 0.05) is 6.54 Å². The number of thioether (sulfide) groups is 1. The normalized spacial score (nSPS) is 15.6. The van der Waals surface area contributed by atoms with E-state index in [-0.39, 0.29) is 11.9 Å². The highest BCUT2D eigenvalue weighted by Crippen LogP contribution is 2.40. The quantitative estimate of drug-likeness (QED) is 0.611. The lowest BCUT2D eigenvalue weighted by atomic mass is 10.0. The Hall–Kier alpha value is -2.58. The monoisotopic (exact) mass is 412 g/mol. The SMILES string of the molecule is CCNc1nnc(SCC(=O)N2c3ccccc3OCC2c2ccccc2)s1. The Balaban J connectivity index is 1.56. The fraction of sp³-hybridized carbons (Fsp3) is 0.250. The lowest BCUT2D eigenvalue weighted by Crippen LogP contribution is -2.42. The highest BCUT2D eigenvalue weighted by atomic mass is 32.2. The molecule has 0 bridgehead atoms. The zero-order chi connectivity index (χ0) is 19.3. The number of hydrogen-bond acceptors (Lipinski definition) is 7. The van der Waals surface area contributed by atoms with Crippen molar-refractivity contribution in [3.8, 4) is 5.75 Å². The van der Waals surface area contributed by atoms with Gasteiger partial charge in [-0.2, -0.15) is 0 Å². The van der Waals surface area contributed by atoms with Crippen LogP contribution in [-0.2, 0) is 4.79 Å². The van der Waals surface area contributed by atoms with Crippen molar-refractivity contribution in [2.45, 2.75) is 17.3 Å². The number of nitrogens with one attached hydrogen (secondary N) is 1. The van der Waals surface area contributed by atoms with Crippen LogP contribution in [-0.4, -0.2) is 35.0 Å². The number of anilines is 2. The summed E-state index contributed by atoms with van der Waals surface area (Å²) >= 11 is 2.88. The van der Waals surface area contributed by atoms with E-state index in [4.69, 9.17) is 4.74 Å². The summed E-state index contributed by atoms with van der Waals surface area (Å²) in [4.78, 5) is 15.1. The molecule has 28 heavy (non-hydrogen) atoms. The molecule has 1 atom stereocenters. The number of benzene rings is 2. The van der Waals surface area contributed by atoms with Gasteiger partial charge >= 0.3 is 0 Å². The standard InChI is InChI=1S/C20H20N4O2S2/c1-2-21-19-22-23-20(28-19)27-13-18(25)24-15-10-6-7-11-17(15)26-12-16(24)14-8-4-3-5-9-14/h3-11,16H,2,12-13H2,1H3,(H,21,22). The third-order valence-corrected chi connectivity index (χ3v) is 6.34. The molecule has 1 aliphatic rings. The smallest absolute Gasteiger partial charge is 0.238 e. The lowest BCUT2D eigenvalue weighted by Gasteiger charge is -2.37. The topological polar surface area (TPSA) is 67.4 Å². The van der Waals surface area contributed by atoms with Crippen LogP contribution in [0.1, 0.15) is 18.5 Å². The number of carbonyl (C=O) groups is 1. The van der Waals surface area contributed by atoms with E-state index < -0.39 is 0 Å². The molecule has 1 amide bonds. The Morgan fingerprint density at radius 2 is 2.00 bits per heavy atom. The summed E-state index contributed by atoms with van der Waals surface area (Å²) in [6.07, 6.45) is 0. The Bertz CT molecular complexity index is 948. The molecule has 2 aromatic carbocycles. The molecule has 4 rings (SSSR count). The van der Waals surface area contributed by atoms with Gasteiger partial charge in [0.2, 0.25) is 11.0 Å². The van der Waals surface area contributed by atoms with E-state index in [9.17, 15) is 4.79 Å². The summed E-state index contributed by atoms with van der Waals surface area (Å²) in [6.45, 7) is 3.24. The van der Waals surface area contributed by atoms with E-state index in [1.54, 1.807) is 0 Å². The van der Waals surface area contributed by atoms with Crippen molar-refractivity contribution < 1.29 is 9.53 Å². The van der Waals surface area contributed by atoms with Crippen molar-refractivity contribution in [3.05, 3.63) is 60.2 Å². The predicted octanol–water partition coefficient (Wildman–Crippen LogP) is 4.23. The number of amides is 1. The zero-order valence-corrected chi connectivity index (χ0v) is 17.0. The van der Waals surface area contributed by atoms with Crippen LogP contribution < -0.4 is 15.0 Å². The molecule has 2 heterocycles. The number of nitrogens with zero attached hydrogens (tertiary/aromatic N) is 3. The van der Waals surface area contributed by atoms with E-state index in [0.29, 0.717) is 12.4 Å². The number of rotatable bonds is 6. The maximum Gasteiger partial charge on any atom is 0.238 e. The fourth-order valence-corrected chi connectivity index (χ4v) is 4.78. The first kappa shape index (κ1) is 18.8. The van der Waals surface area contributed by atoms with E-state index in [2.05, 4.69) is 15.5 Å². The maximum absolute atomic E-state index is 13.2. The molecule has 8 heteroatoms. The molecule has 0 aliphatic carbocycles. The number of para-hydroxylation sites is 2. The molecule has 6 nitrogen and oxygen atoms in total. The van der Waals surface area contributed by atoms with Gasteiger partial charge < -0.3 is 10.1 Å². The Kier molecular flexibility index (Phi) is 5.78. The van der Waals surface area contributed by atoms with Crippen LogP contribution in [0, 0.1) is 0 Å². The molecule has 0 radical (unpaired) electrons. The minimum absolute atomic E-state index is 0.0230. The first-order chi connectivity index (χ1) is 13.8. The molecule has 0 fully saturated rings. The van der Waals surface area contributed by atoms with Crippen LogP contribution in [0.5, 0.6) is 5.75 Å². The summed E-state index contributed by atoms with van der Waals surface area (Å²) in [7, 11) is 0. The third kappa shape index (κ3) is 3.98. The van der Waals surface area contributed by atoms with Gasteiger partial charge in [-0.05, 0) is 24.6 Å². The van der Waals surface area contributed by atoms with Crippen molar-refractivity contribution in [2.75, 3.05) is 29.1 Å². The Morgan fingerprint density at radius 1 is 1.21 bits per heavy atom. The number of ether oxygens (including phenoxy) is 1. The summed E-state index contributed by atoms with van der Waals surface area (Å²) in [6, 6.07) is 17.5. The Labute approximate surface area is 171 Å². The summed E-state index contributed by atoms with van der Waals surface area (Å²) in [5.41, 5.74) is 1.86. The van der Waals surface area contributed by atoms with E-state index >= 15 is 0 Å². The second-order valence-electron chi connectivity index (χ2n) is 6.16. The van der Waals surface area contributed by atoms with Crippen molar-refractivity contribution in [1.29, 1.82) is 0 Å². The summed E-state index contributed by atoms with van der Waals surface area (Å²) < 4.78 is 6.71. The molecule has 1 aromatic heterocycles. The van der Waals surface area contributed by atoms with E-state index in [1.807, 2.05) is 66.4 Å². The van der Waals surface area contributed by atoms with E-state index in [0.717, 1.165) is 33.0 Å². The molecule has 0 spiro atoms. The fourth-order valence-electron chi connectivity index (χ4n) is 3.10. The second-order valence-corrected chi connectivity index (χ2v) is 8.36. The van der Waals surface area contributed by atoms with Gasteiger partial charge in [-0.1, -0.05) is 65.6 Å². The van der Waals surface area contributed by atoms with Gasteiger partial charge in [0.25, 0.3) is 0 Å². The number of aromatic nitrogens is 2. The van der Waals surface area contributed by atoms with Gasteiger partial charge in [-0.25, -0.2) is 0 Å². The molecule has 1 aliphatic heterocycles. The first-order valence-corrected chi connectivity index (χ1v) is 10.9. The zero-order valence-electron chi connectivity index (χ0n) is 15.4. The molecule has 0 saturated carbocycles. The molecule has 1 unspecified atom stereocenters. The number of hydrogen-bond donors (Lipinski definition) is 1. The highest BCUT2D eigenvalue weighted by molar-refractivity contribution is 8.01. The predicted molar refractivity (Wildman–Crippen MR) is 113 cm³/mol. The molecular weight excluding hydrogens is 392 g/mol. The number of fused-ring (bicyclic) bond motifs is 1. The first-order valence-electron chi connectivity index (χ1n) is 9.05. The van der Waals surface area contributed by atoms with Crippen molar-refractivity contribution in [3.63, 3.8) is 0 Å². The molecule has 144 valence electrons. The van der Waals surface area contributed by atoms with Crippen LogP contribution in [0.4, 0.5) is 10.8 Å². The Morgan fingerprint density at radius 3 is 2.82 bits per heavy atom. The number of carbonyl (C=O) groups excluding carboxylic acids is 1. The van der Waals surface area contributed by atoms with Gasteiger partial charge in [0.15, 0.2) is 4.34 Å². The average Bonchev–Trinajstić information content (AvgIpc) is 3.19. The minimum Gasteiger partial charge on any atom is -0.489 e. The van der Waals surface area contributed by atoms with Crippen molar-refractivity contribution in [1.82, 2.24) is 10.2 Å². The van der Waals surface area contributed by atoms with Gasteiger partial charge in [-0.3, -0.25) is 9.69 Å². The highest BCUT2D eigenvalue weighted by Gasteiger charge is 2.33. The lowest BCUT2D eigenvalue weighted by molar-refractivity contribution is -0.117. The molecular formula is C20H20N4O2S2. The largest absolute Gasteiger partial charge is 0.489 e. The maximum atomic E-state index is 13.2. The summed E-state index contributed by atoms with van der Waals surface area (Å²) in [5, 5.41) is 12.1. The van der Waals surface area contributed by atoms with Gasteiger partial charge in [0.1, 0.15) is 12.4 Å². The molecule has 3 aromatic rings. The van der Waals surface area contributed by atoms with Crippen molar-refractivity contribution >= 4 is 39.8 Å². The van der Waals surface area contributed by atoms with Crippen LogP contribution in [0.25, 0.3) is 0 Å². The summed E-state index contributed by atoms with van der Waals surface area (Å²) in [5.74, 6) is 1.05. The third-order valence-electron chi connectivity index (χ3n) is 4.34.